The number of carbonyl (C=O) groups is 1. The van der Waals surface area contributed by atoms with Crippen molar-refractivity contribution in [3.05, 3.63) is 63.3 Å². The Morgan fingerprint density at radius 2 is 1.79 bits per heavy atom. The molecule has 124 valence electrons. The summed E-state index contributed by atoms with van der Waals surface area (Å²) in [5, 5.41) is 0.756. The maximum Gasteiger partial charge on any atom is 0.306 e. The van der Waals surface area contributed by atoms with Gasteiger partial charge in [-0.25, -0.2) is 0 Å². The molecule has 0 saturated carbocycles. The minimum atomic E-state index is -3.67. The predicted octanol–water partition coefficient (Wildman–Crippen LogP) is 3.95. The van der Waals surface area contributed by atoms with E-state index in [1.807, 2.05) is 0 Å². The third kappa shape index (κ3) is 3.40. The second-order valence-electron chi connectivity index (χ2n) is 5.02. The molecule has 0 amide bonds. The van der Waals surface area contributed by atoms with Crippen LogP contribution >= 0.6 is 23.2 Å². The molecule has 0 aliphatic carbocycles. The molecule has 2 aromatic rings. The van der Waals surface area contributed by atoms with Crippen LogP contribution in [-0.4, -0.2) is 20.5 Å². The summed E-state index contributed by atoms with van der Waals surface area (Å²) in [6, 6.07) is 9.13. The van der Waals surface area contributed by atoms with E-state index in [0.717, 1.165) is 6.26 Å². The van der Waals surface area contributed by atoms with Crippen LogP contribution in [0.4, 0.5) is 0 Å². The molecular formula is C16H10Cl2O5S. The predicted molar refractivity (Wildman–Crippen MR) is 91.3 cm³/mol. The molecular weight excluding hydrogens is 375 g/mol. The number of fused-ring (bicyclic) bond motifs is 1. The highest BCUT2D eigenvalue weighted by Crippen LogP contribution is 2.36. The smallest absolute Gasteiger partial charge is 0.306 e. The lowest BCUT2D eigenvalue weighted by molar-refractivity contribution is 0.101. The van der Waals surface area contributed by atoms with Crippen LogP contribution in [0.15, 0.2) is 42.2 Å². The van der Waals surface area contributed by atoms with Gasteiger partial charge in [0.2, 0.25) is 5.78 Å². The summed E-state index contributed by atoms with van der Waals surface area (Å²) in [4.78, 5) is 12.4. The molecule has 5 nitrogen and oxygen atoms in total. The second kappa shape index (κ2) is 6.12. The van der Waals surface area contributed by atoms with E-state index in [1.165, 1.54) is 24.3 Å². The number of hydrogen-bond acceptors (Lipinski definition) is 5. The lowest BCUT2D eigenvalue weighted by Crippen LogP contribution is -2.05. The Morgan fingerprint density at radius 3 is 2.42 bits per heavy atom. The van der Waals surface area contributed by atoms with E-state index >= 15 is 0 Å². The lowest BCUT2D eigenvalue weighted by Gasteiger charge is -2.04. The lowest BCUT2D eigenvalue weighted by atomic mass is 10.1. The summed E-state index contributed by atoms with van der Waals surface area (Å²) in [5.41, 5.74) is 0.759. The molecule has 0 saturated heterocycles. The fourth-order valence-corrected chi connectivity index (χ4v) is 3.13. The van der Waals surface area contributed by atoms with Crippen molar-refractivity contribution >= 4 is 45.2 Å². The van der Waals surface area contributed by atoms with Gasteiger partial charge in [0.1, 0.15) is 11.5 Å². The molecule has 1 aliphatic rings. The summed E-state index contributed by atoms with van der Waals surface area (Å²) in [6.45, 7) is 0. The number of halogens is 2. The van der Waals surface area contributed by atoms with Crippen molar-refractivity contribution in [1.29, 1.82) is 0 Å². The first-order valence-corrected chi connectivity index (χ1v) is 9.23. The van der Waals surface area contributed by atoms with Gasteiger partial charge in [-0.05, 0) is 30.3 Å². The number of hydrogen-bond donors (Lipinski definition) is 0. The molecule has 0 aromatic heterocycles. The van der Waals surface area contributed by atoms with Gasteiger partial charge >= 0.3 is 10.1 Å². The Kier molecular flexibility index (Phi) is 4.29. The molecule has 0 spiro atoms. The zero-order chi connectivity index (χ0) is 17.5. The first-order chi connectivity index (χ1) is 11.2. The van der Waals surface area contributed by atoms with Crippen molar-refractivity contribution in [3.8, 4) is 11.5 Å². The molecule has 0 atom stereocenters. The van der Waals surface area contributed by atoms with Crippen LogP contribution in [0.5, 0.6) is 11.5 Å². The van der Waals surface area contributed by atoms with Crippen LogP contribution in [0.1, 0.15) is 15.9 Å². The van der Waals surface area contributed by atoms with Crippen molar-refractivity contribution in [1.82, 2.24) is 0 Å². The van der Waals surface area contributed by atoms with E-state index in [-0.39, 0.29) is 23.0 Å². The normalized spacial score (nSPS) is 15.3. The number of ketones is 1. The minimum absolute atomic E-state index is 0.0384. The summed E-state index contributed by atoms with van der Waals surface area (Å²) in [7, 11) is -3.67. The van der Waals surface area contributed by atoms with Crippen molar-refractivity contribution in [3.63, 3.8) is 0 Å². The van der Waals surface area contributed by atoms with E-state index in [2.05, 4.69) is 0 Å². The monoisotopic (exact) mass is 384 g/mol. The van der Waals surface area contributed by atoms with E-state index in [1.54, 1.807) is 18.2 Å². The number of allylic oxidation sites excluding steroid dienone is 1. The molecule has 0 fully saturated rings. The van der Waals surface area contributed by atoms with Gasteiger partial charge in [-0.3, -0.25) is 4.79 Å². The number of carbonyl (C=O) groups excluding carboxylic acids is 1. The Bertz CT molecular complexity index is 960. The topological polar surface area (TPSA) is 69.7 Å². The largest absolute Gasteiger partial charge is 0.452 e. The van der Waals surface area contributed by atoms with E-state index in [0.29, 0.717) is 21.2 Å². The highest BCUT2D eigenvalue weighted by atomic mass is 35.5. The fraction of sp³-hybridized carbons (Fsp3) is 0.0625. The van der Waals surface area contributed by atoms with Crippen LogP contribution in [-0.2, 0) is 10.1 Å². The summed E-state index contributed by atoms with van der Waals surface area (Å²) in [6.07, 6.45) is 2.38. The number of rotatable bonds is 3. The first kappa shape index (κ1) is 16.8. The molecule has 0 radical (unpaired) electrons. The van der Waals surface area contributed by atoms with Gasteiger partial charge in [0, 0.05) is 21.7 Å². The highest BCUT2D eigenvalue weighted by molar-refractivity contribution is 7.86. The summed E-state index contributed by atoms with van der Waals surface area (Å²) >= 11 is 12.2. The van der Waals surface area contributed by atoms with Gasteiger partial charge in [0.05, 0.1) is 11.8 Å². The van der Waals surface area contributed by atoms with Crippen LogP contribution in [0.2, 0.25) is 10.0 Å². The first-order valence-electron chi connectivity index (χ1n) is 6.66. The van der Waals surface area contributed by atoms with Crippen molar-refractivity contribution in [2.75, 3.05) is 6.26 Å². The van der Waals surface area contributed by atoms with Crippen molar-refractivity contribution in [2.24, 2.45) is 0 Å². The average Bonchev–Trinajstić information content (AvgIpc) is 2.77. The molecule has 0 bridgehead atoms. The Labute approximate surface area is 148 Å². The van der Waals surface area contributed by atoms with E-state index in [9.17, 15) is 13.2 Å². The third-order valence-corrected chi connectivity index (χ3v) is 4.32. The molecule has 1 aliphatic heterocycles. The number of benzene rings is 2. The minimum Gasteiger partial charge on any atom is -0.452 e. The van der Waals surface area contributed by atoms with Gasteiger partial charge in [-0.15, -0.1) is 0 Å². The van der Waals surface area contributed by atoms with Gasteiger partial charge in [-0.2, -0.15) is 8.42 Å². The molecule has 0 unspecified atom stereocenters. The maximum absolute atomic E-state index is 12.4. The number of ether oxygens (including phenoxy) is 1. The quantitative estimate of drug-likeness (QED) is 0.591. The van der Waals surface area contributed by atoms with Crippen molar-refractivity contribution in [2.45, 2.75) is 0 Å². The Hall–Kier alpha value is -2.02. The van der Waals surface area contributed by atoms with E-state index < -0.39 is 10.1 Å². The average molecular weight is 385 g/mol. The Balaban J connectivity index is 1.98. The summed E-state index contributed by atoms with van der Waals surface area (Å²) < 4.78 is 32.6. The van der Waals surface area contributed by atoms with Gasteiger partial charge in [0.15, 0.2) is 5.76 Å². The molecule has 24 heavy (non-hydrogen) atoms. The highest BCUT2D eigenvalue weighted by Gasteiger charge is 2.28. The zero-order valence-corrected chi connectivity index (χ0v) is 14.6. The van der Waals surface area contributed by atoms with Crippen LogP contribution in [0, 0.1) is 0 Å². The van der Waals surface area contributed by atoms with Gasteiger partial charge in [-0.1, -0.05) is 29.3 Å². The zero-order valence-electron chi connectivity index (χ0n) is 12.2. The second-order valence-corrected chi connectivity index (χ2v) is 7.41. The van der Waals surface area contributed by atoms with Gasteiger partial charge < -0.3 is 8.92 Å². The third-order valence-electron chi connectivity index (χ3n) is 3.16. The van der Waals surface area contributed by atoms with Crippen LogP contribution in [0.25, 0.3) is 6.08 Å². The molecule has 1 heterocycles. The maximum atomic E-state index is 12.4. The fourth-order valence-electron chi connectivity index (χ4n) is 2.17. The number of Topliss-reactive ketones (excluding diaryl/α,β-unsaturated/α-hetero) is 1. The molecule has 3 rings (SSSR count). The van der Waals surface area contributed by atoms with Crippen LogP contribution in [0.3, 0.4) is 0 Å². The molecule has 2 aromatic carbocycles. The molecule has 0 N–H and O–H groups in total. The standard InChI is InChI=1S/C16H10Cl2O5S/c1-24(20,21)23-9-5-6-10-14(7-9)22-15(16(10)19)8-11-12(17)3-2-4-13(11)18/h2-8H,1H3. The van der Waals surface area contributed by atoms with Crippen molar-refractivity contribution < 1.29 is 22.1 Å². The van der Waals surface area contributed by atoms with E-state index in [4.69, 9.17) is 32.1 Å². The van der Waals surface area contributed by atoms with Gasteiger partial charge in [0.25, 0.3) is 0 Å². The Morgan fingerprint density at radius 1 is 1.12 bits per heavy atom. The summed E-state index contributed by atoms with van der Waals surface area (Å²) in [5.74, 6) is -0.0555. The van der Waals surface area contributed by atoms with Crippen LogP contribution < -0.4 is 8.92 Å². The SMILES string of the molecule is CS(=O)(=O)Oc1ccc2c(c1)OC(=Cc1c(Cl)cccc1Cl)C2=O. The molecule has 8 heteroatoms.